The van der Waals surface area contributed by atoms with Crippen LogP contribution in [-0.4, -0.2) is 48.6 Å². The number of hydrogen-bond donors (Lipinski definition) is 1. The Morgan fingerprint density at radius 2 is 2.43 bits per heavy atom. The molecule has 0 aromatic rings. The summed E-state index contributed by atoms with van der Waals surface area (Å²) in [5, 5.41) is 4.33. The number of rotatable bonds is 2. The zero-order chi connectivity index (χ0) is 9.80. The predicted octanol–water partition coefficient (Wildman–Crippen LogP) is 1.42. The highest BCUT2D eigenvalue weighted by Gasteiger charge is 2.21. The monoisotopic (exact) mass is 214 g/mol. The molecule has 2 saturated heterocycles. The minimum absolute atomic E-state index is 0.842. The van der Waals surface area contributed by atoms with Gasteiger partial charge in [0.25, 0.3) is 0 Å². The Labute approximate surface area is 91.8 Å². The number of likely N-dealkylation sites (tertiary alicyclic amines) is 1. The van der Waals surface area contributed by atoms with Gasteiger partial charge < -0.3 is 10.2 Å². The number of thioether (sulfide) groups is 1. The van der Waals surface area contributed by atoms with Crippen molar-refractivity contribution in [3.05, 3.63) is 0 Å². The third-order valence-corrected chi connectivity index (χ3v) is 4.43. The molecule has 3 heteroatoms. The second-order valence-corrected chi connectivity index (χ2v) is 6.11. The smallest absolute Gasteiger partial charge is 0.0300 e. The van der Waals surface area contributed by atoms with E-state index in [1.165, 1.54) is 51.3 Å². The molecule has 0 bridgehead atoms. The summed E-state index contributed by atoms with van der Waals surface area (Å²) >= 11 is 2.15. The lowest BCUT2D eigenvalue weighted by atomic mass is 10.0. The van der Waals surface area contributed by atoms with E-state index in [2.05, 4.69) is 28.9 Å². The largest absolute Gasteiger partial charge is 0.315 e. The molecule has 0 saturated carbocycles. The predicted molar refractivity (Wildman–Crippen MR) is 64.0 cm³/mol. The van der Waals surface area contributed by atoms with Gasteiger partial charge in [0.15, 0.2) is 0 Å². The molecule has 0 aromatic heterocycles. The van der Waals surface area contributed by atoms with Gasteiger partial charge in [0.05, 0.1) is 0 Å². The topological polar surface area (TPSA) is 15.3 Å². The maximum absolute atomic E-state index is 3.49. The third-order valence-electron chi connectivity index (χ3n) is 3.21. The number of nitrogens with zero attached hydrogens (tertiary/aromatic N) is 1. The standard InChI is InChI=1S/C11H22N2S/c1-10-3-2-5-13(8-10)9-11-7-12-4-6-14-11/h10-12H,2-9H2,1H3. The fourth-order valence-corrected chi connectivity index (χ4v) is 3.62. The second kappa shape index (κ2) is 5.38. The van der Waals surface area contributed by atoms with Gasteiger partial charge >= 0.3 is 0 Å². The first-order valence-corrected chi connectivity index (χ1v) is 6.94. The molecule has 14 heavy (non-hydrogen) atoms. The van der Waals surface area contributed by atoms with Gasteiger partial charge in [0.1, 0.15) is 0 Å². The first-order valence-electron chi connectivity index (χ1n) is 5.89. The van der Waals surface area contributed by atoms with Gasteiger partial charge in [-0.05, 0) is 25.3 Å². The normalized spacial score (nSPS) is 35.8. The molecular formula is C11H22N2S. The third kappa shape index (κ3) is 3.14. The van der Waals surface area contributed by atoms with Crippen LogP contribution in [0.25, 0.3) is 0 Å². The minimum atomic E-state index is 0.842. The molecule has 2 rings (SSSR count). The van der Waals surface area contributed by atoms with Crippen LogP contribution < -0.4 is 5.32 Å². The van der Waals surface area contributed by atoms with Crippen LogP contribution in [0.1, 0.15) is 19.8 Å². The van der Waals surface area contributed by atoms with E-state index >= 15 is 0 Å². The molecule has 2 nitrogen and oxygen atoms in total. The van der Waals surface area contributed by atoms with Gasteiger partial charge in [-0.2, -0.15) is 11.8 Å². The van der Waals surface area contributed by atoms with Gasteiger partial charge in [0.2, 0.25) is 0 Å². The minimum Gasteiger partial charge on any atom is -0.315 e. The van der Waals surface area contributed by atoms with Crippen molar-refractivity contribution < 1.29 is 0 Å². The first kappa shape index (κ1) is 10.8. The van der Waals surface area contributed by atoms with Crippen LogP contribution >= 0.6 is 11.8 Å². The van der Waals surface area contributed by atoms with E-state index in [0.717, 1.165) is 11.2 Å². The molecule has 2 fully saturated rings. The molecule has 0 amide bonds. The van der Waals surface area contributed by atoms with Crippen LogP contribution in [0.3, 0.4) is 0 Å². The number of nitrogens with one attached hydrogen (secondary N) is 1. The fraction of sp³-hybridized carbons (Fsp3) is 1.00. The van der Waals surface area contributed by atoms with Crippen molar-refractivity contribution in [1.82, 2.24) is 10.2 Å². The summed E-state index contributed by atoms with van der Waals surface area (Å²) in [7, 11) is 0. The van der Waals surface area contributed by atoms with Crippen LogP contribution in [0.2, 0.25) is 0 Å². The molecule has 2 aliphatic rings. The zero-order valence-corrected chi connectivity index (χ0v) is 9.98. The Morgan fingerprint density at radius 3 is 3.14 bits per heavy atom. The summed E-state index contributed by atoms with van der Waals surface area (Å²) in [6.45, 7) is 8.78. The SMILES string of the molecule is CC1CCCN(CC2CNCCS2)C1. The molecule has 2 unspecified atom stereocenters. The molecule has 2 heterocycles. The quantitative estimate of drug-likeness (QED) is 0.748. The van der Waals surface area contributed by atoms with Gasteiger partial charge in [-0.25, -0.2) is 0 Å². The van der Waals surface area contributed by atoms with Crippen molar-refractivity contribution in [2.24, 2.45) is 5.92 Å². The molecule has 82 valence electrons. The van der Waals surface area contributed by atoms with Crippen molar-refractivity contribution in [3.8, 4) is 0 Å². The number of hydrogen-bond acceptors (Lipinski definition) is 3. The molecule has 0 spiro atoms. The van der Waals surface area contributed by atoms with E-state index in [0.29, 0.717) is 0 Å². The second-order valence-electron chi connectivity index (χ2n) is 4.70. The Bertz CT molecular complexity index is 169. The summed E-state index contributed by atoms with van der Waals surface area (Å²) in [6, 6.07) is 0. The average molecular weight is 214 g/mol. The van der Waals surface area contributed by atoms with Gasteiger partial charge in [0, 0.05) is 37.2 Å². The zero-order valence-electron chi connectivity index (χ0n) is 9.17. The van der Waals surface area contributed by atoms with E-state index in [4.69, 9.17) is 0 Å². The van der Waals surface area contributed by atoms with Crippen LogP contribution in [-0.2, 0) is 0 Å². The molecule has 1 N–H and O–H groups in total. The summed E-state index contributed by atoms with van der Waals surface area (Å²) in [5.41, 5.74) is 0. The van der Waals surface area contributed by atoms with E-state index in [9.17, 15) is 0 Å². The summed E-state index contributed by atoms with van der Waals surface area (Å²) in [5.74, 6) is 2.22. The Hall–Kier alpha value is 0.270. The summed E-state index contributed by atoms with van der Waals surface area (Å²) in [6.07, 6.45) is 2.85. The highest BCUT2D eigenvalue weighted by Crippen LogP contribution is 2.19. The van der Waals surface area contributed by atoms with Crippen LogP contribution in [0.4, 0.5) is 0 Å². The van der Waals surface area contributed by atoms with Gasteiger partial charge in [-0.1, -0.05) is 6.92 Å². The van der Waals surface area contributed by atoms with Crippen LogP contribution in [0, 0.1) is 5.92 Å². The Balaban J connectivity index is 1.72. The maximum Gasteiger partial charge on any atom is 0.0300 e. The fourth-order valence-electron chi connectivity index (χ4n) is 2.48. The Kier molecular flexibility index (Phi) is 4.14. The molecular weight excluding hydrogens is 192 g/mol. The average Bonchev–Trinajstić information content (AvgIpc) is 2.19. The lowest BCUT2D eigenvalue weighted by molar-refractivity contribution is 0.184. The first-order chi connectivity index (χ1) is 6.84. The van der Waals surface area contributed by atoms with Crippen molar-refractivity contribution >= 4 is 11.8 Å². The van der Waals surface area contributed by atoms with Gasteiger partial charge in [-0.3, -0.25) is 0 Å². The van der Waals surface area contributed by atoms with E-state index < -0.39 is 0 Å². The van der Waals surface area contributed by atoms with Crippen molar-refractivity contribution in [2.45, 2.75) is 25.0 Å². The van der Waals surface area contributed by atoms with Crippen LogP contribution in [0.15, 0.2) is 0 Å². The summed E-state index contributed by atoms with van der Waals surface area (Å²) < 4.78 is 0. The molecule has 0 radical (unpaired) electrons. The van der Waals surface area contributed by atoms with E-state index in [1.807, 2.05) is 0 Å². The molecule has 0 aromatic carbocycles. The lowest BCUT2D eigenvalue weighted by Gasteiger charge is -2.34. The van der Waals surface area contributed by atoms with Crippen molar-refractivity contribution in [1.29, 1.82) is 0 Å². The van der Waals surface area contributed by atoms with Crippen molar-refractivity contribution in [2.75, 3.05) is 38.5 Å². The molecule has 2 atom stereocenters. The van der Waals surface area contributed by atoms with Crippen LogP contribution in [0.5, 0.6) is 0 Å². The maximum atomic E-state index is 3.49. The Morgan fingerprint density at radius 1 is 1.50 bits per heavy atom. The highest BCUT2D eigenvalue weighted by molar-refractivity contribution is 8.00. The summed E-state index contributed by atoms with van der Waals surface area (Å²) in [4.78, 5) is 2.67. The molecule has 0 aliphatic carbocycles. The van der Waals surface area contributed by atoms with E-state index in [-0.39, 0.29) is 0 Å². The van der Waals surface area contributed by atoms with Gasteiger partial charge in [-0.15, -0.1) is 0 Å². The van der Waals surface area contributed by atoms with Crippen molar-refractivity contribution in [3.63, 3.8) is 0 Å². The van der Waals surface area contributed by atoms with E-state index in [1.54, 1.807) is 0 Å². The lowest BCUT2D eigenvalue weighted by Crippen LogP contribution is -2.44. The highest BCUT2D eigenvalue weighted by atomic mass is 32.2. The number of piperidine rings is 1. The molecule has 2 aliphatic heterocycles.